The highest BCUT2D eigenvalue weighted by molar-refractivity contribution is 9.10. The SMILES string of the molecule is Cc1ccc(C)c(OCCCn2c(CCCCCNC(=O)c3cccc(Br)c3)nc3ccccc32)c1. The number of nitrogens with one attached hydrogen (secondary N) is 1. The van der Waals surface area contributed by atoms with Gasteiger partial charge in [0.25, 0.3) is 5.91 Å². The van der Waals surface area contributed by atoms with Crippen molar-refractivity contribution in [1.29, 1.82) is 0 Å². The third-order valence-electron chi connectivity index (χ3n) is 6.31. The van der Waals surface area contributed by atoms with Crippen LogP contribution in [0.5, 0.6) is 5.75 Å². The fourth-order valence-electron chi connectivity index (χ4n) is 4.35. The van der Waals surface area contributed by atoms with E-state index >= 15 is 0 Å². The number of benzene rings is 3. The molecule has 0 bridgehead atoms. The molecule has 1 amide bonds. The minimum atomic E-state index is -0.0267. The summed E-state index contributed by atoms with van der Waals surface area (Å²) in [6.45, 7) is 6.41. The lowest BCUT2D eigenvalue weighted by molar-refractivity contribution is 0.0953. The van der Waals surface area contributed by atoms with Gasteiger partial charge in [0.15, 0.2) is 0 Å². The van der Waals surface area contributed by atoms with Crippen LogP contribution >= 0.6 is 15.9 Å². The van der Waals surface area contributed by atoms with Gasteiger partial charge in [0.1, 0.15) is 11.6 Å². The Bertz CT molecular complexity index is 1310. The summed E-state index contributed by atoms with van der Waals surface area (Å²) in [5.41, 5.74) is 5.29. The second kappa shape index (κ2) is 12.7. The van der Waals surface area contributed by atoms with Crippen molar-refractivity contribution < 1.29 is 9.53 Å². The molecule has 4 aromatic rings. The molecule has 0 radical (unpaired) electrons. The van der Waals surface area contributed by atoms with Gasteiger partial charge in [-0.25, -0.2) is 4.98 Å². The van der Waals surface area contributed by atoms with Gasteiger partial charge in [0.2, 0.25) is 0 Å². The number of rotatable bonds is 12. The van der Waals surface area contributed by atoms with Gasteiger partial charge in [-0.3, -0.25) is 4.79 Å². The van der Waals surface area contributed by atoms with Crippen LogP contribution in [0.1, 0.15) is 53.0 Å². The van der Waals surface area contributed by atoms with E-state index in [0.717, 1.165) is 60.2 Å². The predicted octanol–water partition coefficient (Wildman–Crippen LogP) is 7.03. The minimum absolute atomic E-state index is 0.0267. The van der Waals surface area contributed by atoms with Crippen molar-refractivity contribution in [2.24, 2.45) is 0 Å². The first-order chi connectivity index (χ1) is 17.5. The maximum absolute atomic E-state index is 12.3. The molecule has 1 aromatic heterocycles. The van der Waals surface area contributed by atoms with Crippen LogP contribution in [0, 0.1) is 13.8 Å². The molecule has 188 valence electrons. The standard InChI is InChI=1S/C30H34BrN3O2/c1-22-15-16-23(2)28(20-22)36-19-9-18-34-27-13-6-5-12-26(27)33-29(34)14-4-3-7-17-32-30(35)24-10-8-11-25(31)21-24/h5-6,8,10-13,15-16,20-21H,3-4,7,9,14,17-19H2,1-2H3,(H,32,35). The Balaban J connectivity index is 1.26. The third-order valence-corrected chi connectivity index (χ3v) is 6.80. The van der Waals surface area contributed by atoms with Crippen molar-refractivity contribution >= 4 is 32.9 Å². The fraction of sp³-hybridized carbons (Fsp3) is 0.333. The highest BCUT2D eigenvalue weighted by Crippen LogP contribution is 2.21. The quantitative estimate of drug-likeness (QED) is 0.194. The topological polar surface area (TPSA) is 56.1 Å². The van der Waals surface area contributed by atoms with Crippen molar-refractivity contribution in [3.63, 3.8) is 0 Å². The van der Waals surface area contributed by atoms with Crippen LogP contribution in [-0.2, 0) is 13.0 Å². The highest BCUT2D eigenvalue weighted by Gasteiger charge is 2.11. The molecule has 0 aliphatic rings. The molecule has 4 rings (SSSR count). The van der Waals surface area contributed by atoms with E-state index in [2.05, 4.69) is 76.1 Å². The number of carbonyl (C=O) groups excluding carboxylic acids is 1. The van der Waals surface area contributed by atoms with Crippen LogP contribution in [0.3, 0.4) is 0 Å². The molecule has 0 fully saturated rings. The van der Waals surface area contributed by atoms with Crippen LogP contribution in [0.15, 0.2) is 71.2 Å². The first-order valence-electron chi connectivity index (χ1n) is 12.7. The van der Waals surface area contributed by atoms with E-state index in [1.807, 2.05) is 30.3 Å². The third kappa shape index (κ3) is 6.97. The van der Waals surface area contributed by atoms with E-state index < -0.39 is 0 Å². The number of ether oxygens (including phenoxy) is 1. The molecule has 6 heteroatoms. The Morgan fingerprint density at radius 1 is 0.972 bits per heavy atom. The summed E-state index contributed by atoms with van der Waals surface area (Å²) in [5.74, 6) is 2.07. The number of nitrogens with zero attached hydrogens (tertiary/aromatic N) is 2. The van der Waals surface area contributed by atoms with Gasteiger partial charge < -0.3 is 14.6 Å². The molecule has 0 saturated heterocycles. The summed E-state index contributed by atoms with van der Waals surface area (Å²) >= 11 is 3.41. The Morgan fingerprint density at radius 3 is 2.69 bits per heavy atom. The van der Waals surface area contributed by atoms with Crippen LogP contribution < -0.4 is 10.1 Å². The maximum atomic E-state index is 12.3. The molecule has 0 unspecified atom stereocenters. The van der Waals surface area contributed by atoms with Gasteiger partial charge >= 0.3 is 0 Å². The van der Waals surface area contributed by atoms with Gasteiger partial charge in [-0.1, -0.05) is 52.7 Å². The number of para-hydroxylation sites is 2. The zero-order valence-corrected chi connectivity index (χ0v) is 22.7. The number of amides is 1. The molecule has 5 nitrogen and oxygen atoms in total. The zero-order valence-electron chi connectivity index (χ0n) is 21.1. The number of imidazole rings is 1. The van der Waals surface area contributed by atoms with Crippen molar-refractivity contribution in [2.45, 2.75) is 52.5 Å². The van der Waals surface area contributed by atoms with E-state index in [-0.39, 0.29) is 5.91 Å². The Labute approximate surface area is 222 Å². The van der Waals surface area contributed by atoms with Gasteiger partial charge in [-0.05, 0) is 80.6 Å². The lowest BCUT2D eigenvalue weighted by Crippen LogP contribution is -2.24. The van der Waals surface area contributed by atoms with E-state index in [0.29, 0.717) is 18.7 Å². The minimum Gasteiger partial charge on any atom is -0.493 e. The number of unbranched alkanes of at least 4 members (excludes halogenated alkanes) is 2. The van der Waals surface area contributed by atoms with Gasteiger partial charge in [0, 0.05) is 29.5 Å². The molecular formula is C30H34BrN3O2. The molecule has 1 N–H and O–H groups in total. The predicted molar refractivity (Wildman–Crippen MR) is 150 cm³/mol. The van der Waals surface area contributed by atoms with E-state index in [1.165, 1.54) is 16.6 Å². The van der Waals surface area contributed by atoms with Crippen LogP contribution in [0.2, 0.25) is 0 Å². The molecular weight excluding hydrogens is 514 g/mol. The zero-order chi connectivity index (χ0) is 25.3. The number of aromatic nitrogens is 2. The molecule has 3 aromatic carbocycles. The molecule has 0 aliphatic carbocycles. The number of hydrogen-bond acceptors (Lipinski definition) is 3. The number of hydrogen-bond donors (Lipinski definition) is 1. The number of aryl methyl sites for hydroxylation is 4. The van der Waals surface area contributed by atoms with Gasteiger partial charge in [0.05, 0.1) is 17.6 Å². The van der Waals surface area contributed by atoms with Gasteiger partial charge in [-0.15, -0.1) is 0 Å². The van der Waals surface area contributed by atoms with E-state index in [1.54, 1.807) is 0 Å². The van der Waals surface area contributed by atoms with E-state index in [9.17, 15) is 4.79 Å². The number of halogens is 1. The fourth-order valence-corrected chi connectivity index (χ4v) is 4.75. The Hall–Kier alpha value is -3.12. The average Bonchev–Trinajstić information content (AvgIpc) is 3.23. The highest BCUT2D eigenvalue weighted by atomic mass is 79.9. The van der Waals surface area contributed by atoms with Gasteiger partial charge in [-0.2, -0.15) is 0 Å². The van der Waals surface area contributed by atoms with Crippen LogP contribution in [0.4, 0.5) is 0 Å². The largest absolute Gasteiger partial charge is 0.493 e. The second-order valence-electron chi connectivity index (χ2n) is 9.22. The molecule has 0 saturated carbocycles. The molecule has 1 heterocycles. The van der Waals surface area contributed by atoms with Crippen molar-refractivity contribution in [2.75, 3.05) is 13.2 Å². The summed E-state index contributed by atoms with van der Waals surface area (Å²) in [6.07, 6.45) is 4.87. The first-order valence-corrected chi connectivity index (χ1v) is 13.5. The van der Waals surface area contributed by atoms with E-state index in [4.69, 9.17) is 9.72 Å². The van der Waals surface area contributed by atoms with Crippen molar-refractivity contribution in [3.8, 4) is 5.75 Å². The monoisotopic (exact) mass is 547 g/mol. The molecule has 0 atom stereocenters. The lowest BCUT2D eigenvalue weighted by atomic mass is 10.1. The van der Waals surface area contributed by atoms with Crippen molar-refractivity contribution in [3.05, 3.63) is 93.7 Å². The second-order valence-corrected chi connectivity index (χ2v) is 10.1. The summed E-state index contributed by atoms with van der Waals surface area (Å²) in [4.78, 5) is 17.2. The summed E-state index contributed by atoms with van der Waals surface area (Å²) in [5, 5.41) is 3.02. The normalized spacial score (nSPS) is 11.1. The summed E-state index contributed by atoms with van der Waals surface area (Å²) in [7, 11) is 0. The number of fused-ring (bicyclic) bond motifs is 1. The molecule has 36 heavy (non-hydrogen) atoms. The average molecular weight is 549 g/mol. The lowest BCUT2D eigenvalue weighted by Gasteiger charge is -2.12. The first kappa shape index (κ1) is 26.0. The number of carbonyl (C=O) groups is 1. The smallest absolute Gasteiger partial charge is 0.251 e. The maximum Gasteiger partial charge on any atom is 0.251 e. The van der Waals surface area contributed by atoms with Crippen LogP contribution in [0.25, 0.3) is 11.0 Å². The summed E-state index contributed by atoms with van der Waals surface area (Å²) in [6, 6.07) is 22.1. The Morgan fingerprint density at radius 2 is 1.83 bits per heavy atom. The van der Waals surface area contributed by atoms with Crippen molar-refractivity contribution in [1.82, 2.24) is 14.9 Å². The Kier molecular flexibility index (Phi) is 9.17. The summed E-state index contributed by atoms with van der Waals surface area (Å²) < 4.78 is 9.34. The molecule has 0 spiro atoms. The molecule has 0 aliphatic heterocycles. The van der Waals surface area contributed by atoms with Crippen LogP contribution in [-0.4, -0.2) is 28.6 Å².